The lowest BCUT2D eigenvalue weighted by Gasteiger charge is -2.28. The number of carbonyl (C=O) groups excluding carboxylic acids is 1. The predicted molar refractivity (Wildman–Crippen MR) is 103 cm³/mol. The van der Waals surface area contributed by atoms with E-state index in [9.17, 15) is 4.79 Å². The fourth-order valence-electron chi connectivity index (χ4n) is 4.37. The van der Waals surface area contributed by atoms with Crippen LogP contribution in [0.25, 0.3) is 0 Å². The molecule has 5 nitrogen and oxygen atoms in total. The second kappa shape index (κ2) is 8.54. The van der Waals surface area contributed by atoms with E-state index in [1.165, 1.54) is 17.7 Å². The third-order valence-electron chi connectivity index (χ3n) is 5.60. The molecule has 3 rings (SSSR count). The first-order valence-corrected chi connectivity index (χ1v) is 9.52. The van der Waals surface area contributed by atoms with Crippen molar-refractivity contribution in [3.63, 3.8) is 0 Å². The second-order valence-electron chi connectivity index (χ2n) is 7.90. The number of hydrogen-bond acceptors (Lipinski definition) is 3. The first-order valence-electron chi connectivity index (χ1n) is 9.52. The number of fused-ring (bicyclic) bond motifs is 2. The number of hydrogen-bond donors (Lipinski definition) is 1. The van der Waals surface area contributed by atoms with Gasteiger partial charge in [0.05, 0.1) is 5.69 Å². The smallest absolute Gasteiger partial charge is 0.223 e. The van der Waals surface area contributed by atoms with Crippen molar-refractivity contribution in [3.05, 3.63) is 17.0 Å². The molecular formula is C19H33ClN4O. The van der Waals surface area contributed by atoms with E-state index in [4.69, 9.17) is 0 Å². The van der Waals surface area contributed by atoms with Gasteiger partial charge >= 0.3 is 0 Å². The molecule has 0 aliphatic carbocycles. The molecule has 1 aromatic rings. The van der Waals surface area contributed by atoms with Gasteiger partial charge in [-0.15, -0.1) is 12.4 Å². The van der Waals surface area contributed by atoms with E-state index in [1.807, 2.05) is 0 Å². The molecule has 25 heavy (non-hydrogen) atoms. The van der Waals surface area contributed by atoms with Gasteiger partial charge < -0.3 is 10.2 Å². The van der Waals surface area contributed by atoms with Gasteiger partial charge in [-0.25, -0.2) is 0 Å². The average molecular weight is 369 g/mol. The molecule has 1 amide bonds. The molecule has 1 N–H and O–H groups in total. The normalized spacial score (nSPS) is 22.8. The Labute approximate surface area is 157 Å². The number of carbonyl (C=O) groups is 1. The van der Waals surface area contributed by atoms with Crippen molar-refractivity contribution in [2.24, 2.45) is 5.92 Å². The molecule has 2 fully saturated rings. The number of aryl methyl sites for hydroxylation is 1. The van der Waals surface area contributed by atoms with Gasteiger partial charge in [0.15, 0.2) is 0 Å². The highest BCUT2D eigenvalue weighted by Gasteiger charge is 2.37. The van der Waals surface area contributed by atoms with E-state index in [1.54, 1.807) is 0 Å². The van der Waals surface area contributed by atoms with Crippen molar-refractivity contribution in [3.8, 4) is 0 Å². The van der Waals surface area contributed by atoms with Crippen LogP contribution in [0, 0.1) is 19.8 Å². The largest absolute Gasteiger partial charge is 0.335 e. The summed E-state index contributed by atoms with van der Waals surface area (Å²) in [5.41, 5.74) is 3.58. The highest BCUT2D eigenvalue weighted by molar-refractivity contribution is 5.85. The van der Waals surface area contributed by atoms with Gasteiger partial charge in [0, 0.05) is 37.3 Å². The molecule has 6 heteroatoms. The predicted octanol–water partition coefficient (Wildman–Crippen LogP) is 2.86. The molecule has 2 unspecified atom stereocenters. The first-order chi connectivity index (χ1) is 11.5. The van der Waals surface area contributed by atoms with Gasteiger partial charge in [0.1, 0.15) is 0 Å². The minimum absolute atomic E-state index is 0. The first kappa shape index (κ1) is 20.2. The summed E-state index contributed by atoms with van der Waals surface area (Å²) in [6, 6.07) is 0.874. The summed E-state index contributed by atoms with van der Waals surface area (Å²) in [6.45, 7) is 11.6. The van der Waals surface area contributed by atoms with Crippen molar-refractivity contribution in [1.29, 1.82) is 0 Å². The molecule has 142 valence electrons. The molecule has 1 aromatic heterocycles. The Hall–Kier alpha value is -1.07. The zero-order valence-corrected chi connectivity index (χ0v) is 16.9. The van der Waals surface area contributed by atoms with Gasteiger partial charge in [-0.2, -0.15) is 5.10 Å². The Morgan fingerprint density at radius 1 is 1.24 bits per heavy atom. The van der Waals surface area contributed by atoms with Gasteiger partial charge in [-0.05, 0) is 57.6 Å². The van der Waals surface area contributed by atoms with E-state index >= 15 is 0 Å². The molecule has 0 aromatic carbocycles. The maximum atomic E-state index is 12.9. The average Bonchev–Trinajstić information content (AvgIpc) is 2.92. The molecule has 0 saturated carbocycles. The molecule has 0 radical (unpaired) electrons. The Bertz CT molecular complexity index is 584. The third-order valence-corrected chi connectivity index (χ3v) is 5.60. The summed E-state index contributed by atoms with van der Waals surface area (Å²) < 4.78 is 2.11. The van der Waals surface area contributed by atoms with Crippen molar-refractivity contribution in [2.45, 2.75) is 78.4 Å². The summed E-state index contributed by atoms with van der Waals surface area (Å²) in [5.74, 6) is 0.916. The molecule has 2 aliphatic rings. The van der Waals surface area contributed by atoms with Gasteiger partial charge in [-0.1, -0.05) is 13.8 Å². The van der Waals surface area contributed by atoms with E-state index < -0.39 is 0 Å². The fraction of sp³-hybridized carbons (Fsp3) is 0.789. The summed E-state index contributed by atoms with van der Waals surface area (Å²) >= 11 is 0. The van der Waals surface area contributed by atoms with Crippen LogP contribution in [0.3, 0.4) is 0 Å². The Morgan fingerprint density at radius 2 is 1.96 bits per heavy atom. The van der Waals surface area contributed by atoms with Gasteiger partial charge in [0.25, 0.3) is 0 Å². The van der Waals surface area contributed by atoms with Gasteiger partial charge in [-0.3, -0.25) is 9.48 Å². The summed E-state index contributed by atoms with van der Waals surface area (Å²) in [4.78, 5) is 15.1. The molecule has 3 heterocycles. The standard InChI is InChI=1S/C19H32N4O.ClH/c1-13(2)12-22-15(4)18(14(3)21-22)7-8-19(24)23-16-5-6-17(23)11-20-10-9-16;/h13,16-17,20H,5-12H2,1-4H3;1H. The van der Waals surface area contributed by atoms with Crippen LogP contribution in [-0.2, 0) is 17.8 Å². The van der Waals surface area contributed by atoms with Crippen LogP contribution in [0.5, 0.6) is 0 Å². The zero-order chi connectivity index (χ0) is 17.3. The van der Waals surface area contributed by atoms with Crippen LogP contribution in [0.2, 0.25) is 0 Å². The highest BCUT2D eigenvalue weighted by atomic mass is 35.5. The van der Waals surface area contributed by atoms with Crippen molar-refractivity contribution < 1.29 is 4.79 Å². The number of halogens is 1. The lowest BCUT2D eigenvalue weighted by molar-refractivity contribution is -0.133. The zero-order valence-electron chi connectivity index (χ0n) is 16.0. The van der Waals surface area contributed by atoms with E-state index in [0.29, 0.717) is 30.3 Å². The van der Waals surface area contributed by atoms with Crippen molar-refractivity contribution >= 4 is 18.3 Å². The van der Waals surface area contributed by atoms with Crippen LogP contribution in [0.15, 0.2) is 0 Å². The monoisotopic (exact) mass is 368 g/mol. The summed E-state index contributed by atoms with van der Waals surface area (Å²) in [7, 11) is 0. The Morgan fingerprint density at radius 3 is 2.68 bits per heavy atom. The Balaban J connectivity index is 0.00000225. The molecule has 0 spiro atoms. The molecule has 2 saturated heterocycles. The quantitative estimate of drug-likeness (QED) is 0.869. The summed E-state index contributed by atoms with van der Waals surface area (Å²) in [6.07, 6.45) is 4.88. The van der Waals surface area contributed by atoms with Crippen LogP contribution in [0.1, 0.15) is 56.5 Å². The van der Waals surface area contributed by atoms with Crippen LogP contribution in [0.4, 0.5) is 0 Å². The van der Waals surface area contributed by atoms with Crippen LogP contribution < -0.4 is 5.32 Å². The number of amides is 1. The maximum Gasteiger partial charge on any atom is 0.223 e. The van der Waals surface area contributed by atoms with Crippen molar-refractivity contribution in [2.75, 3.05) is 13.1 Å². The van der Waals surface area contributed by atoms with E-state index in [0.717, 1.165) is 44.6 Å². The minimum atomic E-state index is 0. The lowest BCUT2D eigenvalue weighted by atomic mass is 10.1. The minimum Gasteiger partial charge on any atom is -0.335 e. The lowest BCUT2D eigenvalue weighted by Crippen LogP contribution is -2.42. The fourth-order valence-corrected chi connectivity index (χ4v) is 4.37. The third kappa shape index (κ3) is 4.37. The van der Waals surface area contributed by atoms with Crippen LogP contribution >= 0.6 is 12.4 Å². The Kier molecular flexibility index (Phi) is 6.92. The maximum absolute atomic E-state index is 12.9. The number of rotatable bonds is 5. The molecule has 2 bridgehead atoms. The summed E-state index contributed by atoms with van der Waals surface area (Å²) in [5, 5.41) is 8.15. The van der Waals surface area contributed by atoms with Gasteiger partial charge in [0.2, 0.25) is 5.91 Å². The molecular weight excluding hydrogens is 336 g/mol. The number of nitrogens with one attached hydrogen (secondary N) is 1. The van der Waals surface area contributed by atoms with E-state index in [-0.39, 0.29) is 12.4 Å². The number of aromatic nitrogens is 2. The van der Waals surface area contributed by atoms with Crippen LogP contribution in [-0.4, -0.2) is 45.8 Å². The van der Waals surface area contributed by atoms with Crippen molar-refractivity contribution in [1.82, 2.24) is 20.0 Å². The topological polar surface area (TPSA) is 50.2 Å². The SMILES string of the molecule is Cc1nn(CC(C)C)c(C)c1CCC(=O)N1C2CCNCC1CC2.Cl. The molecule has 2 aliphatic heterocycles. The second-order valence-corrected chi connectivity index (χ2v) is 7.90. The molecule has 2 atom stereocenters. The van der Waals surface area contributed by atoms with E-state index in [2.05, 4.69) is 47.7 Å². The highest BCUT2D eigenvalue weighted by Crippen LogP contribution is 2.29. The number of nitrogens with zero attached hydrogens (tertiary/aromatic N) is 3.